The largest absolute Gasteiger partial charge is 0.486 e. The molecule has 0 radical (unpaired) electrons. The SMILES string of the molecule is O=C(O)c1cc(-c2ncc(F)cc2OCc2cncc(F)c2)c(C2CC2)s1. The molecule has 3 aromatic heterocycles. The van der Waals surface area contributed by atoms with Crippen molar-refractivity contribution in [2.24, 2.45) is 0 Å². The Morgan fingerprint density at radius 1 is 1.19 bits per heavy atom. The highest BCUT2D eigenvalue weighted by Crippen LogP contribution is 2.49. The molecule has 0 saturated heterocycles. The van der Waals surface area contributed by atoms with Gasteiger partial charge in [0.15, 0.2) is 0 Å². The molecule has 1 N–H and O–H groups in total. The number of hydrogen-bond donors (Lipinski definition) is 1. The van der Waals surface area contributed by atoms with E-state index in [0.717, 1.165) is 30.1 Å². The summed E-state index contributed by atoms with van der Waals surface area (Å²) in [4.78, 5) is 20.4. The van der Waals surface area contributed by atoms with Crippen LogP contribution in [0.25, 0.3) is 11.3 Å². The van der Waals surface area contributed by atoms with Gasteiger partial charge in [0.05, 0.1) is 12.4 Å². The maximum absolute atomic E-state index is 13.8. The van der Waals surface area contributed by atoms with Crippen LogP contribution in [0, 0.1) is 11.6 Å². The van der Waals surface area contributed by atoms with Crippen molar-refractivity contribution >= 4 is 17.3 Å². The van der Waals surface area contributed by atoms with E-state index in [1.807, 2.05) is 0 Å². The van der Waals surface area contributed by atoms with Crippen LogP contribution in [0.3, 0.4) is 0 Å². The number of carboxylic acid groups (broad SMARTS) is 1. The molecule has 3 heterocycles. The molecule has 27 heavy (non-hydrogen) atoms. The molecular weight excluding hydrogens is 374 g/mol. The number of rotatable bonds is 6. The van der Waals surface area contributed by atoms with Crippen LogP contribution in [0.2, 0.25) is 0 Å². The number of aromatic nitrogens is 2. The summed E-state index contributed by atoms with van der Waals surface area (Å²) in [6.07, 6.45) is 5.58. The zero-order valence-corrected chi connectivity index (χ0v) is 14.8. The van der Waals surface area contributed by atoms with E-state index in [0.29, 0.717) is 22.7 Å². The Hall–Kier alpha value is -2.87. The summed E-state index contributed by atoms with van der Waals surface area (Å²) in [5, 5.41) is 9.32. The number of halogens is 2. The number of pyridine rings is 2. The molecule has 1 fully saturated rings. The molecule has 4 rings (SSSR count). The molecule has 0 aromatic carbocycles. The fraction of sp³-hybridized carbons (Fsp3) is 0.211. The second kappa shape index (κ2) is 7.03. The van der Waals surface area contributed by atoms with E-state index in [9.17, 15) is 18.7 Å². The third kappa shape index (κ3) is 3.80. The lowest BCUT2D eigenvalue weighted by atomic mass is 10.1. The second-order valence-corrected chi connectivity index (χ2v) is 7.35. The molecule has 0 aliphatic heterocycles. The first-order valence-corrected chi connectivity index (χ1v) is 9.08. The molecular formula is C19H14F2N2O3S. The van der Waals surface area contributed by atoms with Gasteiger partial charge in [0, 0.05) is 28.3 Å². The first-order chi connectivity index (χ1) is 13.0. The molecule has 0 spiro atoms. The van der Waals surface area contributed by atoms with Gasteiger partial charge in [-0.2, -0.15) is 0 Å². The second-order valence-electron chi connectivity index (χ2n) is 6.27. The smallest absolute Gasteiger partial charge is 0.345 e. The van der Waals surface area contributed by atoms with Gasteiger partial charge in [-0.3, -0.25) is 4.98 Å². The van der Waals surface area contributed by atoms with E-state index in [-0.39, 0.29) is 17.2 Å². The molecule has 3 aromatic rings. The number of carboxylic acids is 1. The van der Waals surface area contributed by atoms with Gasteiger partial charge in [-0.1, -0.05) is 0 Å². The maximum Gasteiger partial charge on any atom is 0.345 e. The number of aromatic carboxylic acids is 1. The first kappa shape index (κ1) is 17.5. The van der Waals surface area contributed by atoms with Crippen molar-refractivity contribution in [1.82, 2.24) is 9.97 Å². The van der Waals surface area contributed by atoms with Gasteiger partial charge in [0.1, 0.15) is 34.6 Å². The lowest BCUT2D eigenvalue weighted by molar-refractivity contribution is 0.0702. The van der Waals surface area contributed by atoms with Gasteiger partial charge in [-0.15, -0.1) is 11.3 Å². The molecule has 8 heteroatoms. The van der Waals surface area contributed by atoms with Gasteiger partial charge in [-0.05, 0) is 30.9 Å². The third-order valence-electron chi connectivity index (χ3n) is 4.15. The Morgan fingerprint density at radius 2 is 1.96 bits per heavy atom. The highest BCUT2D eigenvalue weighted by molar-refractivity contribution is 7.14. The molecule has 0 unspecified atom stereocenters. The zero-order chi connectivity index (χ0) is 19.0. The van der Waals surface area contributed by atoms with Crippen LogP contribution >= 0.6 is 11.3 Å². The number of nitrogens with zero attached hydrogens (tertiary/aromatic N) is 2. The summed E-state index contributed by atoms with van der Waals surface area (Å²) >= 11 is 1.21. The quantitative estimate of drug-likeness (QED) is 0.666. The Bertz CT molecular complexity index is 1020. The summed E-state index contributed by atoms with van der Waals surface area (Å²) in [6.45, 7) is -0.0163. The predicted octanol–water partition coefficient (Wildman–Crippen LogP) is 4.64. The summed E-state index contributed by atoms with van der Waals surface area (Å²) in [5.41, 5.74) is 1.52. The molecule has 0 amide bonds. The van der Waals surface area contributed by atoms with Gasteiger partial charge in [0.2, 0.25) is 0 Å². The minimum Gasteiger partial charge on any atom is -0.486 e. The van der Waals surface area contributed by atoms with Crippen LogP contribution in [0.4, 0.5) is 8.78 Å². The Morgan fingerprint density at radius 3 is 2.67 bits per heavy atom. The Labute approximate surface area is 157 Å². The Kier molecular flexibility index (Phi) is 4.57. The summed E-state index contributed by atoms with van der Waals surface area (Å²) < 4.78 is 32.7. The maximum atomic E-state index is 13.8. The molecule has 5 nitrogen and oxygen atoms in total. The predicted molar refractivity (Wildman–Crippen MR) is 95.0 cm³/mol. The minimum absolute atomic E-state index is 0.0163. The van der Waals surface area contributed by atoms with Crippen LogP contribution < -0.4 is 4.74 Å². The lowest BCUT2D eigenvalue weighted by Crippen LogP contribution is -2.00. The van der Waals surface area contributed by atoms with Crippen LogP contribution in [-0.4, -0.2) is 21.0 Å². The fourth-order valence-electron chi connectivity index (χ4n) is 2.77. The molecule has 1 aliphatic carbocycles. The van der Waals surface area contributed by atoms with Crippen molar-refractivity contribution < 1.29 is 23.4 Å². The molecule has 138 valence electrons. The Balaban J connectivity index is 1.70. The van der Waals surface area contributed by atoms with Crippen LogP contribution in [0.5, 0.6) is 5.75 Å². The van der Waals surface area contributed by atoms with E-state index in [4.69, 9.17) is 4.74 Å². The number of thiophene rings is 1. The summed E-state index contributed by atoms with van der Waals surface area (Å²) in [7, 11) is 0. The average molecular weight is 388 g/mol. The lowest BCUT2D eigenvalue weighted by Gasteiger charge is -2.11. The normalized spacial score (nSPS) is 13.6. The van der Waals surface area contributed by atoms with E-state index in [2.05, 4.69) is 9.97 Å². The van der Waals surface area contributed by atoms with Gasteiger partial charge >= 0.3 is 5.97 Å². The van der Waals surface area contributed by atoms with Crippen LogP contribution in [-0.2, 0) is 6.61 Å². The summed E-state index contributed by atoms with van der Waals surface area (Å²) in [5.74, 6) is -1.61. The third-order valence-corrected chi connectivity index (χ3v) is 5.44. The van der Waals surface area contributed by atoms with Crippen LogP contribution in [0.1, 0.15) is 38.9 Å². The number of ether oxygens (including phenoxy) is 1. The molecule has 0 atom stereocenters. The summed E-state index contributed by atoms with van der Waals surface area (Å²) in [6, 6.07) is 4.03. The number of carbonyl (C=O) groups is 1. The molecule has 0 bridgehead atoms. The van der Waals surface area contributed by atoms with Gasteiger partial charge in [-0.25, -0.2) is 18.6 Å². The van der Waals surface area contributed by atoms with Crippen molar-refractivity contribution in [2.45, 2.75) is 25.4 Å². The fourth-order valence-corrected chi connectivity index (χ4v) is 3.94. The monoisotopic (exact) mass is 388 g/mol. The number of hydrogen-bond acceptors (Lipinski definition) is 5. The zero-order valence-electron chi connectivity index (χ0n) is 14.0. The van der Waals surface area contributed by atoms with Crippen molar-refractivity contribution in [3.8, 4) is 17.0 Å². The molecule has 1 saturated carbocycles. The van der Waals surface area contributed by atoms with E-state index in [1.165, 1.54) is 29.7 Å². The highest BCUT2D eigenvalue weighted by atomic mass is 32.1. The van der Waals surface area contributed by atoms with E-state index in [1.54, 1.807) is 6.07 Å². The van der Waals surface area contributed by atoms with Crippen LogP contribution in [0.15, 0.2) is 36.8 Å². The topological polar surface area (TPSA) is 72.3 Å². The van der Waals surface area contributed by atoms with E-state index < -0.39 is 17.6 Å². The van der Waals surface area contributed by atoms with Crippen molar-refractivity contribution in [2.75, 3.05) is 0 Å². The highest BCUT2D eigenvalue weighted by Gasteiger charge is 2.31. The standard InChI is InChI=1S/C19H14F2N2O3S/c20-12-3-10(6-22-7-12)9-26-15-4-13(21)8-23-17(15)14-5-16(19(24)25)27-18(14)11-1-2-11/h3-8,11H,1-2,9H2,(H,24,25). The van der Waals surface area contributed by atoms with Crippen molar-refractivity contribution in [3.63, 3.8) is 0 Å². The van der Waals surface area contributed by atoms with Crippen molar-refractivity contribution in [3.05, 3.63) is 63.7 Å². The van der Waals surface area contributed by atoms with Crippen molar-refractivity contribution in [1.29, 1.82) is 0 Å². The van der Waals surface area contributed by atoms with Gasteiger partial charge in [0.25, 0.3) is 0 Å². The van der Waals surface area contributed by atoms with E-state index >= 15 is 0 Å². The average Bonchev–Trinajstić information content (AvgIpc) is 3.38. The van der Waals surface area contributed by atoms with Gasteiger partial charge < -0.3 is 9.84 Å². The first-order valence-electron chi connectivity index (χ1n) is 8.26. The molecule has 1 aliphatic rings. The minimum atomic E-state index is -1.01.